The molecule has 98 valence electrons. The number of nitrogens with zero attached hydrogens (tertiary/aromatic N) is 1. The lowest BCUT2D eigenvalue weighted by atomic mass is 10.00. The number of hydrogen-bond donors (Lipinski definition) is 2. The molecular weight excluding hydrogens is 258 g/mol. The number of rotatable bonds is 4. The Balaban J connectivity index is 0.00000256. The summed E-state index contributed by atoms with van der Waals surface area (Å²) in [5.41, 5.74) is 6.78. The van der Waals surface area contributed by atoms with Crippen LogP contribution in [0.5, 0.6) is 0 Å². The lowest BCUT2D eigenvalue weighted by molar-refractivity contribution is -0.118. The van der Waals surface area contributed by atoms with Crippen LogP contribution in [0.3, 0.4) is 0 Å². The highest BCUT2D eigenvalue weighted by Crippen LogP contribution is 2.21. The number of aryl methyl sites for hydroxylation is 2. The normalized spacial score (nSPS) is 13.7. The largest absolute Gasteiger partial charge is 0.320 e. The van der Waals surface area contributed by atoms with E-state index in [2.05, 4.69) is 10.3 Å². The summed E-state index contributed by atoms with van der Waals surface area (Å²) in [6.07, 6.45) is 0.893. The molecule has 6 heteroatoms. The van der Waals surface area contributed by atoms with E-state index in [9.17, 15) is 4.79 Å². The summed E-state index contributed by atoms with van der Waals surface area (Å²) in [6, 6.07) is -0.463. The van der Waals surface area contributed by atoms with Crippen LogP contribution in [0.15, 0.2) is 0 Å². The van der Waals surface area contributed by atoms with Gasteiger partial charge in [0.2, 0.25) is 5.91 Å². The van der Waals surface area contributed by atoms with Crippen LogP contribution in [0, 0.1) is 19.8 Å². The van der Waals surface area contributed by atoms with Gasteiger partial charge in [-0.15, -0.1) is 23.7 Å². The Morgan fingerprint density at radius 2 is 2.12 bits per heavy atom. The Bertz CT molecular complexity index is 361. The van der Waals surface area contributed by atoms with E-state index in [0.717, 1.165) is 17.0 Å². The molecule has 0 saturated heterocycles. The van der Waals surface area contributed by atoms with Crippen molar-refractivity contribution in [3.8, 4) is 0 Å². The molecule has 0 saturated carbocycles. The molecule has 0 bridgehead atoms. The highest BCUT2D eigenvalue weighted by molar-refractivity contribution is 7.15. The lowest BCUT2D eigenvalue weighted by Gasteiger charge is -2.16. The molecule has 0 aromatic carbocycles. The number of thiazole rings is 1. The molecule has 1 heterocycles. The fraction of sp³-hybridized carbons (Fsp3) is 0.636. The molecule has 2 atom stereocenters. The second-order valence-electron chi connectivity index (χ2n) is 4.06. The third kappa shape index (κ3) is 4.26. The first-order valence-corrected chi connectivity index (χ1v) is 6.27. The van der Waals surface area contributed by atoms with Crippen molar-refractivity contribution in [3.63, 3.8) is 0 Å². The third-order valence-corrected chi connectivity index (χ3v) is 3.81. The fourth-order valence-corrected chi connectivity index (χ4v) is 2.04. The molecule has 0 fully saturated rings. The number of carbonyl (C=O) groups is 1. The highest BCUT2D eigenvalue weighted by atomic mass is 35.5. The summed E-state index contributed by atoms with van der Waals surface area (Å²) in [5, 5.41) is 3.40. The van der Waals surface area contributed by atoms with E-state index in [1.54, 1.807) is 0 Å². The number of halogens is 1. The van der Waals surface area contributed by atoms with Crippen molar-refractivity contribution in [1.82, 2.24) is 4.98 Å². The van der Waals surface area contributed by atoms with E-state index in [1.165, 1.54) is 11.3 Å². The van der Waals surface area contributed by atoms with E-state index < -0.39 is 6.04 Å². The molecule has 0 aliphatic rings. The van der Waals surface area contributed by atoms with Crippen LogP contribution in [-0.4, -0.2) is 16.9 Å². The van der Waals surface area contributed by atoms with Gasteiger partial charge in [-0.1, -0.05) is 20.3 Å². The number of aromatic nitrogens is 1. The zero-order chi connectivity index (χ0) is 12.3. The van der Waals surface area contributed by atoms with Gasteiger partial charge >= 0.3 is 0 Å². The van der Waals surface area contributed by atoms with E-state index in [-0.39, 0.29) is 24.2 Å². The monoisotopic (exact) mass is 277 g/mol. The molecule has 1 aromatic heterocycles. The first-order chi connectivity index (χ1) is 7.45. The van der Waals surface area contributed by atoms with Crippen LogP contribution in [0.1, 0.15) is 30.8 Å². The molecule has 0 aliphatic carbocycles. The molecular formula is C11H20ClN3OS. The maximum atomic E-state index is 11.8. The number of hydrogen-bond acceptors (Lipinski definition) is 4. The molecule has 3 N–H and O–H groups in total. The van der Waals surface area contributed by atoms with Crippen LogP contribution >= 0.6 is 23.7 Å². The third-order valence-electron chi connectivity index (χ3n) is 2.82. The van der Waals surface area contributed by atoms with Gasteiger partial charge in [-0.3, -0.25) is 4.79 Å². The zero-order valence-corrected chi connectivity index (χ0v) is 12.2. The Hall–Kier alpha value is -0.650. The predicted octanol–water partition coefficient (Wildman–Crippen LogP) is 2.49. The Morgan fingerprint density at radius 3 is 2.53 bits per heavy atom. The average molecular weight is 278 g/mol. The molecule has 17 heavy (non-hydrogen) atoms. The Morgan fingerprint density at radius 1 is 1.53 bits per heavy atom. The van der Waals surface area contributed by atoms with Crippen molar-refractivity contribution in [2.75, 3.05) is 5.32 Å². The fourth-order valence-electron chi connectivity index (χ4n) is 1.23. The Labute approximate surface area is 112 Å². The average Bonchev–Trinajstić information content (AvgIpc) is 2.55. The number of nitrogens with one attached hydrogen (secondary N) is 1. The number of nitrogens with two attached hydrogens (primary N) is 1. The molecule has 1 aromatic rings. The van der Waals surface area contributed by atoms with Gasteiger partial charge in [-0.25, -0.2) is 4.98 Å². The summed E-state index contributed by atoms with van der Waals surface area (Å²) in [5.74, 6) is 0.0326. The summed E-state index contributed by atoms with van der Waals surface area (Å²) in [4.78, 5) is 17.1. The first kappa shape index (κ1) is 16.4. The van der Waals surface area contributed by atoms with Crippen molar-refractivity contribution in [3.05, 3.63) is 10.6 Å². The lowest BCUT2D eigenvalue weighted by Crippen LogP contribution is -2.40. The summed E-state index contributed by atoms with van der Waals surface area (Å²) in [6.45, 7) is 7.91. The molecule has 1 rings (SSSR count). The number of anilines is 1. The van der Waals surface area contributed by atoms with Gasteiger partial charge in [0.05, 0.1) is 11.7 Å². The molecule has 0 aliphatic heterocycles. The first-order valence-electron chi connectivity index (χ1n) is 5.46. The van der Waals surface area contributed by atoms with Gasteiger partial charge in [0.1, 0.15) is 0 Å². The van der Waals surface area contributed by atoms with Crippen molar-refractivity contribution in [1.29, 1.82) is 0 Å². The Kier molecular flexibility index (Phi) is 6.67. The minimum atomic E-state index is -0.463. The van der Waals surface area contributed by atoms with Gasteiger partial charge in [0.25, 0.3) is 0 Å². The summed E-state index contributed by atoms with van der Waals surface area (Å²) in [7, 11) is 0. The van der Waals surface area contributed by atoms with Gasteiger partial charge in [-0.05, 0) is 19.8 Å². The quantitative estimate of drug-likeness (QED) is 0.888. The number of amides is 1. The van der Waals surface area contributed by atoms with Crippen molar-refractivity contribution in [2.45, 2.75) is 40.2 Å². The van der Waals surface area contributed by atoms with Crippen LogP contribution in [0.2, 0.25) is 0 Å². The standard InChI is InChI=1S/C11H19N3OS.ClH/c1-5-6(2)9(12)10(15)14-11-13-7(3)8(4)16-11;/h6,9H,5,12H2,1-4H3,(H,13,14,15);1H. The second kappa shape index (κ2) is 6.93. The van der Waals surface area contributed by atoms with Gasteiger partial charge in [0.15, 0.2) is 5.13 Å². The summed E-state index contributed by atoms with van der Waals surface area (Å²) < 4.78 is 0. The van der Waals surface area contributed by atoms with Gasteiger partial charge in [0, 0.05) is 4.88 Å². The highest BCUT2D eigenvalue weighted by Gasteiger charge is 2.20. The summed E-state index contributed by atoms with van der Waals surface area (Å²) >= 11 is 1.48. The smallest absolute Gasteiger partial charge is 0.243 e. The second-order valence-corrected chi connectivity index (χ2v) is 5.26. The number of carbonyl (C=O) groups excluding carboxylic acids is 1. The van der Waals surface area contributed by atoms with Gasteiger partial charge in [-0.2, -0.15) is 0 Å². The minimum absolute atomic E-state index is 0. The van der Waals surface area contributed by atoms with Crippen molar-refractivity contribution in [2.24, 2.45) is 11.7 Å². The topological polar surface area (TPSA) is 68.0 Å². The molecule has 2 unspecified atom stereocenters. The van der Waals surface area contributed by atoms with E-state index in [1.807, 2.05) is 27.7 Å². The molecule has 1 amide bonds. The van der Waals surface area contributed by atoms with E-state index >= 15 is 0 Å². The van der Waals surface area contributed by atoms with Crippen LogP contribution in [0.4, 0.5) is 5.13 Å². The van der Waals surface area contributed by atoms with Crippen LogP contribution in [-0.2, 0) is 4.79 Å². The maximum absolute atomic E-state index is 11.8. The zero-order valence-electron chi connectivity index (χ0n) is 10.6. The maximum Gasteiger partial charge on any atom is 0.243 e. The predicted molar refractivity (Wildman–Crippen MR) is 74.9 cm³/mol. The molecule has 0 radical (unpaired) electrons. The van der Waals surface area contributed by atoms with E-state index in [4.69, 9.17) is 5.73 Å². The molecule has 4 nitrogen and oxygen atoms in total. The molecule has 0 spiro atoms. The minimum Gasteiger partial charge on any atom is -0.320 e. The van der Waals surface area contributed by atoms with Crippen LogP contribution in [0.25, 0.3) is 0 Å². The van der Waals surface area contributed by atoms with Crippen molar-refractivity contribution >= 4 is 34.8 Å². The van der Waals surface area contributed by atoms with Crippen molar-refractivity contribution < 1.29 is 4.79 Å². The van der Waals surface area contributed by atoms with E-state index in [0.29, 0.717) is 5.13 Å². The van der Waals surface area contributed by atoms with Crippen LogP contribution < -0.4 is 11.1 Å². The van der Waals surface area contributed by atoms with Gasteiger partial charge < -0.3 is 11.1 Å². The SMILES string of the molecule is CCC(C)C(N)C(=O)Nc1nc(C)c(C)s1.Cl.